The Hall–Kier alpha value is -0.570. The maximum Gasteiger partial charge on any atom is 0.345 e. The van der Waals surface area contributed by atoms with Crippen LogP contribution in [-0.4, -0.2) is 47.2 Å². The van der Waals surface area contributed by atoms with Crippen molar-refractivity contribution >= 4 is 35.0 Å². The fraction of sp³-hybridized carbons (Fsp3) is 0.818. The third-order valence-electron chi connectivity index (χ3n) is 3.40. The number of hydroxylamine groups is 2. The molecule has 6 nitrogen and oxygen atoms in total. The molecule has 0 N–H and O–H groups in total. The number of nitrogens with zero attached hydrogens (tertiary/aromatic N) is 2. The van der Waals surface area contributed by atoms with Gasteiger partial charge in [-0.15, -0.1) is 0 Å². The Balaban J connectivity index is 1.99. The normalized spacial score (nSPS) is 26.7. The first kappa shape index (κ1) is 13.9. The highest BCUT2D eigenvalue weighted by Gasteiger charge is 2.48. The molecule has 0 spiro atoms. The zero-order chi connectivity index (χ0) is 13.1. The van der Waals surface area contributed by atoms with Gasteiger partial charge in [0.1, 0.15) is 6.04 Å². The lowest BCUT2D eigenvalue weighted by Crippen LogP contribution is -2.45. The van der Waals surface area contributed by atoms with Crippen molar-refractivity contribution in [3.05, 3.63) is 0 Å². The summed E-state index contributed by atoms with van der Waals surface area (Å²) in [4.78, 5) is 30.8. The number of hydrogen-bond donors (Lipinski definition) is 0. The van der Waals surface area contributed by atoms with E-state index < -0.39 is 6.04 Å². The highest BCUT2D eigenvalue weighted by Crippen LogP contribution is 2.30. The van der Waals surface area contributed by atoms with Crippen LogP contribution in [0.3, 0.4) is 0 Å². The Bertz CT molecular complexity index is 339. The van der Waals surface area contributed by atoms with Crippen LogP contribution in [0.4, 0.5) is 4.79 Å². The van der Waals surface area contributed by atoms with Gasteiger partial charge in [0.15, 0.2) is 23.0 Å². The topological polar surface area (TPSA) is 59.1 Å². The van der Waals surface area contributed by atoms with Gasteiger partial charge in [-0.1, -0.05) is 13.3 Å². The van der Waals surface area contributed by atoms with Crippen LogP contribution in [0.1, 0.15) is 32.6 Å². The molecule has 2 saturated heterocycles. The summed E-state index contributed by atoms with van der Waals surface area (Å²) in [6.07, 6.45) is 3.38. The zero-order valence-electron chi connectivity index (χ0n) is 10.3. The minimum absolute atomic E-state index is 0.0765. The van der Waals surface area contributed by atoms with Gasteiger partial charge in [0, 0.05) is 6.54 Å². The van der Waals surface area contributed by atoms with E-state index in [-0.39, 0.29) is 18.0 Å². The minimum Gasteiger partial charge on any atom is -0.393 e. The van der Waals surface area contributed by atoms with Gasteiger partial charge >= 0.3 is 12.0 Å². The lowest BCUT2D eigenvalue weighted by molar-refractivity contribution is -0.137. The monoisotopic (exact) mass is 368 g/mol. The third-order valence-corrected chi connectivity index (χ3v) is 3.83. The van der Waals surface area contributed by atoms with Crippen LogP contribution in [0.5, 0.6) is 0 Å². The number of halogens is 1. The summed E-state index contributed by atoms with van der Waals surface area (Å²) in [5.74, 6) is -0.349. The summed E-state index contributed by atoms with van der Waals surface area (Å²) in [5.41, 5.74) is 0. The molecule has 0 radical (unpaired) electrons. The molecular weight excluding hydrogens is 351 g/mol. The van der Waals surface area contributed by atoms with E-state index in [4.69, 9.17) is 7.90 Å². The fourth-order valence-electron chi connectivity index (χ4n) is 2.40. The van der Waals surface area contributed by atoms with Gasteiger partial charge in [-0.25, -0.2) is 9.59 Å². The number of urea groups is 1. The summed E-state index contributed by atoms with van der Waals surface area (Å²) < 4.78 is 4.70. The SMILES string of the molecule is CCCCON1C(=O)N2CC1CC[C@H]2C(=O)OI. The molecule has 0 aromatic heterocycles. The standard InChI is InChI=1S/C11H17IN2O4/c1-2-3-6-17-14-8-4-5-9(10(15)18-12)13(7-8)11(14)16/h8-9H,2-7H2,1H3/t8?,9-/m0/s1. The molecule has 2 aliphatic rings. The molecule has 2 heterocycles. The van der Waals surface area contributed by atoms with Crippen molar-refractivity contribution in [1.82, 2.24) is 9.96 Å². The van der Waals surface area contributed by atoms with Crippen LogP contribution >= 0.6 is 23.0 Å². The summed E-state index contributed by atoms with van der Waals surface area (Å²) in [6, 6.07) is -0.585. The highest BCUT2D eigenvalue weighted by atomic mass is 127. The second-order valence-electron chi connectivity index (χ2n) is 4.59. The van der Waals surface area contributed by atoms with E-state index >= 15 is 0 Å². The van der Waals surface area contributed by atoms with Crippen molar-refractivity contribution in [2.24, 2.45) is 0 Å². The van der Waals surface area contributed by atoms with E-state index in [9.17, 15) is 9.59 Å². The predicted molar refractivity (Wildman–Crippen MR) is 71.7 cm³/mol. The lowest BCUT2D eigenvalue weighted by atomic mass is 10.0. The Morgan fingerprint density at radius 3 is 2.94 bits per heavy atom. The quantitative estimate of drug-likeness (QED) is 0.549. The van der Waals surface area contributed by atoms with Gasteiger partial charge in [-0.2, -0.15) is 5.06 Å². The number of carbonyl (C=O) groups excluding carboxylic acids is 2. The number of amides is 2. The van der Waals surface area contributed by atoms with Gasteiger partial charge in [-0.3, -0.25) is 4.84 Å². The summed E-state index contributed by atoms with van der Waals surface area (Å²) >= 11 is 1.56. The average molecular weight is 368 g/mol. The van der Waals surface area contributed by atoms with Crippen LogP contribution in [0.2, 0.25) is 0 Å². The average Bonchev–Trinajstić information content (AvgIpc) is 2.63. The molecule has 2 bridgehead atoms. The lowest BCUT2D eigenvalue weighted by Gasteiger charge is -2.27. The Kier molecular flexibility index (Phi) is 4.66. The molecule has 7 heteroatoms. The van der Waals surface area contributed by atoms with E-state index in [1.165, 1.54) is 5.06 Å². The number of fused-ring (bicyclic) bond motifs is 2. The molecule has 2 atom stereocenters. The van der Waals surface area contributed by atoms with Crippen LogP contribution in [-0.2, 0) is 12.7 Å². The molecule has 1 unspecified atom stereocenters. The number of piperidine rings is 1. The summed E-state index contributed by atoms with van der Waals surface area (Å²) in [6.45, 7) is 3.18. The molecule has 0 saturated carbocycles. The Labute approximate surface area is 120 Å². The first-order valence-corrected chi connectivity index (χ1v) is 7.12. The van der Waals surface area contributed by atoms with Crippen molar-refractivity contribution in [2.75, 3.05) is 13.2 Å². The Morgan fingerprint density at radius 1 is 1.50 bits per heavy atom. The zero-order valence-corrected chi connectivity index (χ0v) is 12.5. The number of rotatable bonds is 5. The molecular formula is C11H17IN2O4. The van der Waals surface area contributed by atoms with Crippen molar-refractivity contribution in [1.29, 1.82) is 0 Å². The molecule has 0 aromatic carbocycles. The second-order valence-corrected chi connectivity index (χ2v) is 5.03. The van der Waals surface area contributed by atoms with Crippen molar-refractivity contribution in [2.45, 2.75) is 44.7 Å². The van der Waals surface area contributed by atoms with Crippen LogP contribution in [0.25, 0.3) is 0 Å². The summed E-state index contributed by atoms with van der Waals surface area (Å²) in [7, 11) is 0. The number of carbonyl (C=O) groups is 2. The molecule has 102 valence electrons. The summed E-state index contributed by atoms with van der Waals surface area (Å²) in [5, 5.41) is 1.44. The third kappa shape index (κ3) is 2.56. The van der Waals surface area contributed by atoms with E-state index in [1.807, 2.05) is 0 Å². The van der Waals surface area contributed by atoms with E-state index in [0.29, 0.717) is 19.6 Å². The van der Waals surface area contributed by atoms with Gasteiger partial charge in [0.25, 0.3) is 0 Å². The number of hydrogen-bond acceptors (Lipinski definition) is 4. The predicted octanol–water partition coefficient (Wildman–Crippen LogP) is 1.88. The van der Waals surface area contributed by atoms with E-state index in [0.717, 1.165) is 19.3 Å². The molecule has 2 fully saturated rings. The van der Waals surface area contributed by atoms with Gasteiger partial charge < -0.3 is 7.97 Å². The molecule has 2 aliphatic heterocycles. The Morgan fingerprint density at radius 2 is 2.28 bits per heavy atom. The van der Waals surface area contributed by atoms with E-state index in [1.54, 1.807) is 27.9 Å². The molecule has 2 amide bonds. The first-order valence-electron chi connectivity index (χ1n) is 6.24. The van der Waals surface area contributed by atoms with Gasteiger partial charge in [-0.05, 0) is 19.3 Å². The highest BCUT2D eigenvalue weighted by molar-refractivity contribution is 14.1. The maximum absolute atomic E-state index is 12.1. The van der Waals surface area contributed by atoms with Crippen molar-refractivity contribution in [3.8, 4) is 0 Å². The van der Waals surface area contributed by atoms with Crippen LogP contribution in [0, 0.1) is 0 Å². The van der Waals surface area contributed by atoms with Crippen LogP contribution < -0.4 is 0 Å². The van der Waals surface area contributed by atoms with Gasteiger partial charge in [0.2, 0.25) is 0 Å². The smallest absolute Gasteiger partial charge is 0.345 e. The second kappa shape index (κ2) is 6.05. The van der Waals surface area contributed by atoms with Gasteiger partial charge in [0.05, 0.1) is 12.6 Å². The largest absolute Gasteiger partial charge is 0.393 e. The van der Waals surface area contributed by atoms with Crippen LogP contribution in [0.15, 0.2) is 0 Å². The molecule has 0 aromatic rings. The first-order chi connectivity index (χ1) is 8.69. The van der Waals surface area contributed by atoms with Crippen molar-refractivity contribution in [3.63, 3.8) is 0 Å². The number of unbranched alkanes of at least 4 members (excludes halogenated alkanes) is 1. The molecule has 18 heavy (non-hydrogen) atoms. The molecule has 2 rings (SSSR count). The molecule has 0 aliphatic carbocycles. The van der Waals surface area contributed by atoms with E-state index in [2.05, 4.69) is 6.92 Å². The maximum atomic E-state index is 12.1. The minimum atomic E-state index is -0.453. The fourth-order valence-corrected chi connectivity index (χ4v) is 2.70. The van der Waals surface area contributed by atoms with Crippen molar-refractivity contribution < 1.29 is 17.5 Å².